The fourth-order valence-electron chi connectivity index (χ4n) is 3.74. The number of nitrogens with one attached hydrogen (secondary N) is 2. The highest BCUT2D eigenvalue weighted by Gasteiger charge is 2.31. The van der Waals surface area contributed by atoms with Gasteiger partial charge in [-0.15, -0.1) is 0 Å². The number of hydrogen-bond acceptors (Lipinski definition) is 2. The summed E-state index contributed by atoms with van der Waals surface area (Å²) in [5.74, 6) is -0.341. The third-order valence-corrected chi connectivity index (χ3v) is 5.74. The second-order valence-electron chi connectivity index (χ2n) is 7.95. The Bertz CT molecular complexity index is 880. The van der Waals surface area contributed by atoms with Gasteiger partial charge in [-0.25, -0.2) is 9.18 Å². The molecule has 1 saturated heterocycles. The van der Waals surface area contributed by atoms with Gasteiger partial charge < -0.3 is 15.5 Å². The highest BCUT2D eigenvalue weighted by molar-refractivity contribution is 6.30. The standard InChI is InChI=1S/C23H27ClFN3O2/c1-15(2)21(27-23(30)26-20-6-4-3-5-19(20)25)22(29)28-13-11-17(12-14-28)16-7-9-18(24)10-8-16/h3-10,15,17,21H,11-14H2,1-2H3,(H2,26,27,30)/t21-/m1/s1. The lowest BCUT2D eigenvalue weighted by Crippen LogP contribution is -2.53. The van der Waals surface area contributed by atoms with Gasteiger partial charge in [-0.1, -0.05) is 49.7 Å². The number of anilines is 1. The van der Waals surface area contributed by atoms with Crippen molar-refractivity contribution in [3.05, 3.63) is 64.9 Å². The van der Waals surface area contributed by atoms with Crippen molar-refractivity contribution in [3.8, 4) is 0 Å². The number of urea groups is 1. The van der Waals surface area contributed by atoms with Gasteiger partial charge >= 0.3 is 6.03 Å². The SMILES string of the molecule is CC(C)[C@@H](NC(=O)Nc1ccccc1F)C(=O)N1CCC(c2ccc(Cl)cc2)CC1. The normalized spacial score (nSPS) is 15.7. The first-order chi connectivity index (χ1) is 14.3. The topological polar surface area (TPSA) is 61.4 Å². The van der Waals surface area contributed by atoms with Crippen LogP contribution in [0.3, 0.4) is 0 Å². The van der Waals surface area contributed by atoms with Gasteiger partial charge in [0.1, 0.15) is 11.9 Å². The maximum absolute atomic E-state index is 13.8. The molecule has 2 N–H and O–H groups in total. The van der Waals surface area contributed by atoms with Gasteiger partial charge in [0, 0.05) is 18.1 Å². The fraction of sp³-hybridized carbons (Fsp3) is 0.391. The number of amides is 3. The van der Waals surface area contributed by atoms with E-state index in [0.29, 0.717) is 24.0 Å². The Kier molecular flexibility index (Phi) is 7.32. The molecule has 0 radical (unpaired) electrons. The van der Waals surface area contributed by atoms with Crippen molar-refractivity contribution in [2.75, 3.05) is 18.4 Å². The van der Waals surface area contributed by atoms with Gasteiger partial charge in [-0.05, 0) is 54.5 Å². The van der Waals surface area contributed by atoms with Gasteiger partial charge in [0.2, 0.25) is 5.91 Å². The van der Waals surface area contributed by atoms with Crippen molar-refractivity contribution in [1.82, 2.24) is 10.2 Å². The van der Waals surface area contributed by atoms with E-state index >= 15 is 0 Å². The quantitative estimate of drug-likeness (QED) is 0.697. The number of benzene rings is 2. The van der Waals surface area contributed by atoms with Crippen LogP contribution in [0.25, 0.3) is 0 Å². The number of rotatable bonds is 5. The zero-order chi connectivity index (χ0) is 21.7. The average molecular weight is 432 g/mol. The van der Waals surface area contributed by atoms with Crippen molar-refractivity contribution in [3.63, 3.8) is 0 Å². The van der Waals surface area contributed by atoms with E-state index in [0.717, 1.165) is 12.8 Å². The van der Waals surface area contributed by atoms with E-state index < -0.39 is 17.9 Å². The molecule has 0 bridgehead atoms. The Morgan fingerprint density at radius 2 is 1.70 bits per heavy atom. The molecule has 0 aliphatic carbocycles. The number of para-hydroxylation sites is 1. The lowest BCUT2D eigenvalue weighted by Gasteiger charge is -2.35. The number of carbonyl (C=O) groups excluding carboxylic acids is 2. The average Bonchev–Trinajstić information content (AvgIpc) is 2.74. The van der Waals surface area contributed by atoms with Crippen molar-refractivity contribution >= 4 is 29.2 Å². The van der Waals surface area contributed by atoms with E-state index in [1.807, 2.05) is 38.1 Å². The maximum Gasteiger partial charge on any atom is 0.319 e. The van der Waals surface area contributed by atoms with E-state index in [4.69, 9.17) is 11.6 Å². The molecule has 3 rings (SSSR count). The Morgan fingerprint density at radius 1 is 1.07 bits per heavy atom. The van der Waals surface area contributed by atoms with Gasteiger partial charge in [-0.3, -0.25) is 4.79 Å². The summed E-state index contributed by atoms with van der Waals surface area (Å²) in [6.45, 7) is 5.02. The van der Waals surface area contributed by atoms with Crippen molar-refractivity contribution in [2.24, 2.45) is 5.92 Å². The molecule has 2 aromatic rings. The summed E-state index contributed by atoms with van der Waals surface area (Å²) in [5.41, 5.74) is 1.31. The van der Waals surface area contributed by atoms with E-state index in [2.05, 4.69) is 10.6 Å². The molecule has 7 heteroatoms. The van der Waals surface area contributed by atoms with Crippen LogP contribution in [0.5, 0.6) is 0 Å². The maximum atomic E-state index is 13.8. The second-order valence-corrected chi connectivity index (χ2v) is 8.39. The summed E-state index contributed by atoms with van der Waals surface area (Å²) >= 11 is 5.97. The first-order valence-corrected chi connectivity index (χ1v) is 10.6. The van der Waals surface area contributed by atoms with Crippen LogP contribution in [0.2, 0.25) is 5.02 Å². The third kappa shape index (κ3) is 5.51. The number of likely N-dealkylation sites (tertiary alicyclic amines) is 1. The molecule has 2 aromatic carbocycles. The first kappa shape index (κ1) is 22.1. The molecule has 1 aliphatic heterocycles. The largest absolute Gasteiger partial charge is 0.341 e. The van der Waals surface area contributed by atoms with Crippen LogP contribution in [0.15, 0.2) is 48.5 Å². The Morgan fingerprint density at radius 3 is 2.30 bits per heavy atom. The number of carbonyl (C=O) groups is 2. The van der Waals surface area contributed by atoms with Crippen LogP contribution in [0, 0.1) is 11.7 Å². The van der Waals surface area contributed by atoms with E-state index in [1.54, 1.807) is 17.0 Å². The molecule has 1 fully saturated rings. The second kappa shape index (κ2) is 9.94. The highest BCUT2D eigenvalue weighted by atomic mass is 35.5. The minimum absolute atomic E-state index is 0.0775. The summed E-state index contributed by atoms with van der Waals surface area (Å²) in [5, 5.41) is 5.91. The highest BCUT2D eigenvalue weighted by Crippen LogP contribution is 2.29. The zero-order valence-electron chi connectivity index (χ0n) is 17.2. The molecular formula is C23H27ClFN3O2. The Balaban J connectivity index is 1.58. The molecular weight excluding hydrogens is 405 g/mol. The zero-order valence-corrected chi connectivity index (χ0v) is 18.0. The van der Waals surface area contributed by atoms with Crippen LogP contribution in [-0.2, 0) is 4.79 Å². The molecule has 5 nitrogen and oxygen atoms in total. The van der Waals surface area contributed by atoms with Gasteiger partial charge in [0.15, 0.2) is 0 Å². The number of piperidine rings is 1. The van der Waals surface area contributed by atoms with E-state index in [1.165, 1.54) is 17.7 Å². The van der Waals surface area contributed by atoms with Crippen LogP contribution >= 0.6 is 11.6 Å². The predicted octanol–water partition coefficient (Wildman–Crippen LogP) is 5.03. The molecule has 1 atom stereocenters. The van der Waals surface area contributed by atoms with Crippen molar-refractivity contribution in [1.29, 1.82) is 0 Å². The Hall–Kier alpha value is -2.60. The number of hydrogen-bond donors (Lipinski definition) is 2. The molecule has 0 unspecified atom stereocenters. The smallest absolute Gasteiger partial charge is 0.319 e. The molecule has 3 amide bonds. The van der Waals surface area contributed by atoms with E-state index in [-0.39, 0.29) is 17.5 Å². The number of nitrogens with zero attached hydrogens (tertiary/aromatic N) is 1. The minimum atomic E-state index is -0.677. The fourth-order valence-corrected chi connectivity index (χ4v) is 3.87. The molecule has 30 heavy (non-hydrogen) atoms. The minimum Gasteiger partial charge on any atom is -0.341 e. The summed E-state index contributed by atoms with van der Waals surface area (Å²) in [4.78, 5) is 27.2. The monoisotopic (exact) mass is 431 g/mol. The van der Waals surface area contributed by atoms with Crippen LogP contribution in [0.1, 0.15) is 38.2 Å². The van der Waals surface area contributed by atoms with Crippen LogP contribution < -0.4 is 10.6 Å². The third-order valence-electron chi connectivity index (χ3n) is 5.49. The molecule has 1 heterocycles. The molecule has 0 spiro atoms. The summed E-state index contributed by atoms with van der Waals surface area (Å²) < 4.78 is 13.8. The predicted molar refractivity (Wildman–Crippen MR) is 117 cm³/mol. The van der Waals surface area contributed by atoms with Gasteiger partial charge in [0.25, 0.3) is 0 Å². The van der Waals surface area contributed by atoms with Gasteiger partial charge in [0.05, 0.1) is 5.69 Å². The molecule has 1 aliphatic rings. The van der Waals surface area contributed by atoms with E-state index in [9.17, 15) is 14.0 Å². The summed E-state index contributed by atoms with van der Waals surface area (Å²) in [6.07, 6.45) is 1.72. The lowest BCUT2D eigenvalue weighted by atomic mass is 9.89. The summed E-state index contributed by atoms with van der Waals surface area (Å²) in [7, 11) is 0. The Labute approximate surface area is 181 Å². The first-order valence-electron chi connectivity index (χ1n) is 10.2. The lowest BCUT2D eigenvalue weighted by molar-refractivity contribution is -0.135. The van der Waals surface area contributed by atoms with Crippen molar-refractivity contribution in [2.45, 2.75) is 38.6 Å². The van der Waals surface area contributed by atoms with Crippen LogP contribution in [-0.4, -0.2) is 36.0 Å². The van der Waals surface area contributed by atoms with Crippen molar-refractivity contribution < 1.29 is 14.0 Å². The molecule has 0 saturated carbocycles. The summed E-state index contributed by atoms with van der Waals surface area (Å²) in [6, 6.07) is 12.5. The molecule has 160 valence electrons. The number of halogens is 2. The van der Waals surface area contributed by atoms with Gasteiger partial charge in [-0.2, -0.15) is 0 Å². The van der Waals surface area contributed by atoms with Crippen LogP contribution in [0.4, 0.5) is 14.9 Å². The molecule has 0 aromatic heterocycles.